The highest BCUT2D eigenvalue weighted by molar-refractivity contribution is 7.99. The number of thiophene rings is 1. The number of halogens is 2. The Morgan fingerprint density at radius 1 is 1.18 bits per heavy atom. The summed E-state index contributed by atoms with van der Waals surface area (Å²) in [6.45, 7) is 1.91. The van der Waals surface area contributed by atoms with Gasteiger partial charge in [-0.15, -0.1) is 11.3 Å². The van der Waals surface area contributed by atoms with Crippen molar-refractivity contribution < 1.29 is 9.18 Å². The minimum atomic E-state index is -0.391. The molecule has 2 heterocycles. The van der Waals surface area contributed by atoms with Crippen molar-refractivity contribution in [3.05, 3.63) is 85.2 Å². The van der Waals surface area contributed by atoms with Crippen LogP contribution in [0.1, 0.15) is 39.2 Å². The lowest BCUT2D eigenvalue weighted by Gasteiger charge is -2.14. The Balaban J connectivity index is 1.61. The number of fused-ring (bicyclic) bond motifs is 3. The van der Waals surface area contributed by atoms with Crippen LogP contribution >= 0.6 is 34.7 Å². The smallest absolute Gasteiger partial charge is 0.267 e. The second-order valence-corrected chi connectivity index (χ2v) is 10.5. The molecule has 0 spiro atoms. The molecule has 0 atom stereocenters. The minimum absolute atomic E-state index is 0.0776. The van der Waals surface area contributed by atoms with Crippen LogP contribution in [0.25, 0.3) is 15.9 Å². The maximum absolute atomic E-state index is 13.8. The van der Waals surface area contributed by atoms with Crippen molar-refractivity contribution in [1.29, 1.82) is 0 Å². The van der Waals surface area contributed by atoms with E-state index in [1.165, 1.54) is 40.9 Å². The number of carbonyl (C=O) groups is 1. The highest BCUT2D eigenvalue weighted by Crippen LogP contribution is 2.35. The molecule has 0 fully saturated rings. The van der Waals surface area contributed by atoms with Crippen LogP contribution in [0.4, 0.5) is 4.39 Å². The lowest BCUT2D eigenvalue weighted by Crippen LogP contribution is -2.22. The first-order valence-corrected chi connectivity index (χ1v) is 12.9. The van der Waals surface area contributed by atoms with Crippen molar-refractivity contribution in [2.24, 2.45) is 0 Å². The molecule has 0 radical (unpaired) electrons. The molecule has 0 bridgehead atoms. The number of aryl methyl sites for hydroxylation is 3. The SMILES string of the molecule is Cc1ccc(-n2c(SCC(=O)c3ccc(F)cc3)nc3sc4c(c3c2=O)CCCC4)cc1Cl. The molecule has 0 saturated carbocycles. The van der Waals surface area contributed by atoms with Crippen LogP contribution in [-0.2, 0) is 12.8 Å². The summed E-state index contributed by atoms with van der Waals surface area (Å²) in [4.78, 5) is 33.3. The van der Waals surface area contributed by atoms with E-state index in [1.807, 2.05) is 19.1 Å². The second-order valence-electron chi connectivity index (χ2n) is 8.08. The molecule has 0 N–H and O–H groups in total. The van der Waals surface area contributed by atoms with E-state index in [9.17, 15) is 14.0 Å². The molecule has 0 aliphatic heterocycles. The van der Waals surface area contributed by atoms with Crippen LogP contribution < -0.4 is 5.56 Å². The van der Waals surface area contributed by atoms with Gasteiger partial charge in [-0.3, -0.25) is 14.2 Å². The first-order chi connectivity index (χ1) is 15.9. The van der Waals surface area contributed by atoms with Crippen LogP contribution in [0.2, 0.25) is 5.02 Å². The largest absolute Gasteiger partial charge is 0.293 e. The van der Waals surface area contributed by atoms with Gasteiger partial charge in [0.25, 0.3) is 5.56 Å². The third kappa shape index (κ3) is 4.25. The maximum Gasteiger partial charge on any atom is 0.267 e. The number of ketones is 1. The number of aromatic nitrogens is 2. The molecule has 0 unspecified atom stereocenters. The fraction of sp³-hybridized carbons (Fsp3) is 0.240. The number of hydrogen-bond acceptors (Lipinski definition) is 5. The van der Waals surface area contributed by atoms with Crippen molar-refractivity contribution >= 4 is 50.7 Å². The lowest BCUT2D eigenvalue weighted by atomic mass is 9.97. The fourth-order valence-corrected chi connectivity index (χ4v) is 6.47. The highest BCUT2D eigenvalue weighted by Gasteiger charge is 2.23. The summed E-state index contributed by atoms with van der Waals surface area (Å²) in [6.07, 6.45) is 4.04. The van der Waals surface area contributed by atoms with Crippen LogP contribution in [0.3, 0.4) is 0 Å². The maximum atomic E-state index is 13.8. The van der Waals surface area contributed by atoms with Gasteiger partial charge in [-0.25, -0.2) is 9.37 Å². The van der Waals surface area contributed by atoms with Crippen molar-refractivity contribution in [3.63, 3.8) is 0 Å². The zero-order chi connectivity index (χ0) is 23.1. The Hall–Kier alpha value is -2.48. The quantitative estimate of drug-likeness (QED) is 0.181. The van der Waals surface area contributed by atoms with Crippen LogP contribution in [0.15, 0.2) is 52.4 Å². The van der Waals surface area contributed by atoms with Crippen LogP contribution in [0.5, 0.6) is 0 Å². The van der Waals surface area contributed by atoms with E-state index in [1.54, 1.807) is 22.0 Å². The summed E-state index contributed by atoms with van der Waals surface area (Å²) in [5.74, 6) is -0.472. The molecule has 1 aliphatic rings. The zero-order valence-electron chi connectivity index (χ0n) is 17.9. The summed E-state index contributed by atoms with van der Waals surface area (Å²) in [6, 6.07) is 10.9. The zero-order valence-corrected chi connectivity index (χ0v) is 20.2. The third-order valence-electron chi connectivity index (χ3n) is 5.87. The molecule has 8 heteroatoms. The molecular formula is C25H20ClFN2O2S2. The number of rotatable bonds is 5. The average molecular weight is 499 g/mol. The molecule has 4 nitrogen and oxygen atoms in total. The predicted molar refractivity (Wildman–Crippen MR) is 133 cm³/mol. The number of thioether (sulfide) groups is 1. The van der Waals surface area contributed by atoms with Gasteiger partial charge in [0.05, 0.1) is 16.8 Å². The number of hydrogen-bond donors (Lipinski definition) is 0. The van der Waals surface area contributed by atoms with Gasteiger partial charge in [0.1, 0.15) is 10.6 Å². The van der Waals surface area contributed by atoms with E-state index < -0.39 is 5.82 Å². The first-order valence-electron chi connectivity index (χ1n) is 10.7. The topological polar surface area (TPSA) is 52.0 Å². The highest BCUT2D eigenvalue weighted by atomic mass is 35.5. The number of benzene rings is 2. The Labute approximate surface area is 203 Å². The van der Waals surface area contributed by atoms with Crippen LogP contribution in [-0.4, -0.2) is 21.1 Å². The third-order valence-corrected chi connectivity index (χ3v) is 8.40. The number of carbonyl (C=O) groups excluding carboxylic acids is 1. The molecule has 0 saturated heterocycles. The normalized spacial score (nSPS) is 13.3. The van der Waals surface area contributed by atoms with E-state index in [4.69, 9.17) is 16.6 Å². The van der Waals surface area contributed by atoms with E-state index in [-0.39, 0.29) is 17.1 Å². The minimum Gasteiger partial charge on any atom is -0.293 e. The molecule has 4 aromatic rings. The predicted octanol–water partition coefficient (Wildman–Crippen LogP) is 6.40. The lowest BCUT2D eigenvalue weighted by molar-refractivity contribution is 0.102. The van der Waals surface area contributed by atoms with Gasteiger partial charge in [-0.1, -0.05) is 29.4 Å². The summed E-state index contributed by atoms with van der Waals surface area (Å²) in [5.41, 5.74) is 2.94. The van der Waals surface area contributed by atoms with E-state index in [0.717, 1.165) is 41.6 Å². The van der Waals surface area contributed by atoms with Crippen molar-refractivity contribution in [2.45, 2.75) is 37.8 Å². The van der Waals surface area contributed by atoms with Gasteiger partial charge in [0.15, 0.2) is 10.9 Å². The van der Waals surface area contributed by atoms with Crippen molar-refractivity contribution in [3.8, 4) is 5.69 Å². The summed E-state index contributed by atoms with van der Waals surface area (Å²) < 4.78 is 14.8. The van der Waals surface area contributed by atoms with Crippen LogP contribution in [0, 0.1) is 12.7 Å². The Kier molecular flexibility index (Phi) is 6.12. The average Bonchev–Trinajstić information content (AvgIpc) is 3.18. The van der Waals surface area contributed by atoms with Gasteiger partial charge in [0, 0.05) is 15.5 Å². The van der Waals surface area contributed by atoms with Gasteiger partial charge < -0.3 is 0 Å². The number of nitrogens with zero attached hydrogens (tertiary/aromatic N) is 2. The van der Waals surface area contributed by atoms with Gasteiger partial charge in [-0.05, 0) is 80.1 Å². The van der Waals surface area contributed by atoms with Gasteiger partial charge in [0.2, 0.25) is 0 Å². The Morgan fingerprint density at radius 3 is 2.70 bits per heavy atom. The molecule has 0 amide bonds. The summed E-state index contributed by atoms with van der Waals surface area (Å²) >= 11 is 9.16. The summed E-state index contributed by atoms with van der Waals surface area (Å²) in [7, 11) is 0. The van der Waals surface area contributed by atoms with E-state index in [2.05, 4.69) is 0 Å². The van der Waals surface area contributed by atoms with Crippen molar-refractivity contribution in [2.75, 3.05) is 5.75 Å². The molecule has 2 aromatic heterocycles. The summed E-state index contributed by atoms with van der Waals surface area (Å²) in [5, 5.41) is 1.69. The van der Waals surface area contributed by atoms with Gasteiger partial charge in [-0.2, -0.15) is 0 Å². The number of Topliss-reactive ketones (excluding diaryl/α,β-unsaturated/α-hetero) is 1. The van der Waals surface area contributed by atoms with Crippen molar-refractivity contribution in [1.82, 2.24) is 9.55 Å². The molecule has 5 rings (SSSR count). The molecule has 1 aliphatic carbocycles. The molecule has 2 aromatic carbocycles. The van der Waals surface area contributed by atoms with E-state index >= 15 is 0 Å². The second kappa shape index (κ2) is 9.05. The van der Waals surface area contributed by atoms with Gasteiger partial charge >= 0.3 is 0 Å². The Bertz CT molecular complexity index is 1440. The Morgan fingerprint density at radius 2 is 1.94 bits per heavy atom. The molecule has 168 valence electrons. The fourth-order valence-electron chi connectivity index (χ4n) is 4.08. The molecule has 33 heavy (non-hydrogen) atoms. The standard InChI is InChI=1S/C25H20ClFN2O2S2/c1-14-6-11-17(12-19(14)26)29-24(31)22-18-4-2-3-5-21(18)33-23(22)28-25(29)32-13-20(30)15-7-9-16(27)10-8-15/h6-12H,2-5,13H2,1H3. The first kappa shape index (κ1) is 22.3. The monoisotopic (exact) mass is 498 g/mol. The van der Waals surface area contributed by atoms with E-state index in [0.29, 0.717) is 26.8 Å². The molecular weight excluding hydrogens is 479 g/mol.